The summed E-state index contributed by atoms with van der Waals surface area (Å²) in [6.45, 7) is 2.18. The van der Waals surface area contributed by atoms with E-state index in [2.05, 4.69) is 0 Å². The predicted molar refractivity (Wildman–Crippen MR) is 52.5 cm³/mol. The summed E-state index contributed by atoms with van der Waals surface area (Å²) in [5, 5.41) is 9.81. The van der Waals surface area contributed by atoms with Crippen molar-refractivity contribution >= 4 is 7.85 Å². The molecular formula is C9H17BO4. The number of ether oxygens (including phenoxy) is 3. The van der Waals surface area contributed by atoms with Crippen LogP contribution >= 0.6 is 0 Å². The smallest absolute Gasteiger partial charge is 0.111 e. The molecule has 0 amide bonds. The Kier molecular flexibility index (Phi) is 4.38. The summed E-state index contributed by atoms with van der Waals surface area (Å²) < 4.78 is 15.7. The van der Waals surface area contributed by atoms with E-state index in [9.17, 15) is 5.11 Å². The predicted octanol–water partition coefficient (Wildman–Crippen LogP) is -0.247. The number of methoxy groups -OCH3 is 2. The Bertz CT molecular complexity index is 176. The van der Waals surface area contributed by atoms with Gasteiger partial charge in [-0.15, -0.1) is 0 Å². The minimum Gasteiger partial charge on any atom is -0.387 e. The Labute approximate surface area is 85.9 Å². The molecule has 0 spiro atoms. The summed E-state index contributed by atoms with van der Waals surface area (Å²) in [4.78, 5) is 0. The fourth-order valence-electron chi connectivity index (χ4n) is 1.76. The first kappa shape index (κ1) is 12.0. The number of hydrogen-bond acceptors (Lipinski definition) is 4. The van der Waals surface area contributed by atoms with Crippen LogP contribution in [-0.2, 0) is 14.2 Å². The van der Waals surface area contributed by atoms with Gasteiger partial charge in [-0.25, -0.2) is 0 Å². The van der Waals surface area contributed by atoms with Crippen molar-refractivity contribution in [2.45, 2.75) is 37.2 Å². The largest absolute Gasteiger partial charge is 0.387 e. The molecule has 0 aliphatic carbocycles. The fraction of sp³-hybridized carbons (Fsp3) is 1.00. The molecule has 0 aromatic heterocycles. The van der Waals surface area contributed by atoms with Crippen LogP contribution in [0.5, 0.6) is 0 Å². The highest BCUT2D eigenvalue weighted by atomic mass is 16.6. The standard InChI is InChI=1S/C9H17BO4/c1-5(10)8-9(13-3)7(11)6(14-8)4-12-2/h5-9,11H,4H2,1-3H3/t5-,6?,7-,8?,9?/m1/s1. The Morgan fingerprint density at radius 1 is 1.50 bits per heavy atom. The summed E-state index contributed by atoms with van der Waals surface area (Å²) in [5.74, 6) is -0.170. The van der Waals surface area contributed by atoms with Gasteiger partial charge in [0, 0.05) is 14.2 Å². The molecule has 1 aliphatic rings. The zero-order valence-electron chi connectivity index (χ0n) is 8.84. The highest BCUT2D eigenvalue weighted by Crippen LogP contribution is 2.29. The summed E-state index contributed by atoms with van der Waals surface area (Å²) >= 11 is 0. The molecule has 5 heteroatoms. The van der Waals surface area contributed by atoms with Crippen LogP contribution in [0.2, 0.25) is 5.82 Å². The number of aliphatic hydroxyl groups is 1. The summed E-state index contributed by atoms with van der Waals surface area (Å²) in [5.41, 5.74) is 0. The van der Waals surface area contributed by atoms with E-state index in [0.29, 0.717) is 6.61 Å². The van der Waals surface area contributed by atoms with Crippen molar-refractivity contribution in [1.29, 1.82) is 0 Å². The van der Waals surface area contributed by atoms with Crippen LogP contribution in [0.25, 0.3) is 0 Å². The maximum absolute atomic E-state index is 9.81. The van der Waals surface area contributed by atoms with E-state index in [0.717, 1.165) is 0 Å². The van der Waals surface area contributed by atoms with Gasteiger partial charge in [-0.3, -0.25) is 0 Å². The van der Waals surface area contributed by atoms with Crippen LogP contribution in [0, 0.1) is 0 Å². The van der Waals surface area contributed by atoms with Crippen molar-refractivity contribution in [3.05, 3.63) is 0 Å². The van der Waals surface area contributed by atoms with Crippen LogP contribution < -0.4 is 0 Å². The van der Waals surface area contributed by atoms with Crippen molar-refractivity contribution in [2.24, 2.45) is 0 Å². The third kappa shape index (κ3) is 2.28. The second-order valence-electron chi connectivity index (χ2n) is 3.64. The Morgan fingerprint density at radius 2 is 2.14 bits per heavy atom. The Balaban J connectivity index is 2.63. The molecule has 1 heterocycles. The van der Waals surface area contributed by atoms with Gasteiger partial charge in [0.15, 0.2) is 0 Å². The molecule has 0 saturated carbocycles. The number of hydrogen-bond donors (Lipinski definition) is 1. The molecule has 1 aliphatic heterocycles. The van der Waals surface area contributed by atoms with Gasteiger partial charge in [0.1, 0.15) is 18.3 Å². The molecule has 1 N–H and O–H groups in total. The first-order chi connectivity index (χ1) is 6.61. The summed E-state index contributed by atoms with van der Waals surface area (Å²) in [7, 11) is 8.84. The van der Waals surface area contributed by atoms with Crippen LogP contribution in [0.1, 0.15) is 6.92 Å². The minimum atomic E-state index is -0.670. The monoisotopic (exact) mass is 200 g/mol. The molecular weight excluding hydrogens is 183 g/mol. The van der Waals surface area contributed by atoms with Crippen LogP contribution in [0.3, 0.4) is 0 Å². The van der Waals surface area contributed by atoms with Crippen molar-refractivity contribution in [1.82, 2.24) is 0 Å². The second kappa shape index (κ2) is 5.12. The average Bonchev–Trinajstić information content (AvgIpc) is 2.44. The lowest BCUT2D eigenvalue weighted by Gasteiger charge is -2.21. The SMILES string of the molecule is [B][C@H](C)C1OC(COC)[C@@H](O)C1OC. The van der Waals surface area contributed by atoms with Crippen LogP contribution in [0.15, 0.2) is 0 Å². The maximum atomic E-state index is 9.81. The van der Waals surface area contributed by atoms with E-state index in [4.69, 9.17) is 22.1 Å². The molecule has 1 rings (SSSR count). The highest BCUT2D eigenvalue weighted by molar-refractivity contribution is 6.11. The Morgan fingerprint density at radius 3 is 2.50 bits per heavy atom. The third-order valence-electron chi connectivity index (χ3n) is 2.49. The quantitative estimate of drug-likeness (QED) is 0.636. The molecule has 80 valence electrons. The average molecular weight is 200 g/mol. The molecule has 5 atom stereocenters. The molecule has 1 saturated heterocycles. The Hall–Kier alpha value is -0.0951. The van der Waals surface area contributed by atoms with Crippen molar-refractivity contribution in [2.75, 3.05) is 20.8 Å². The minimum absolute atomic E-state index is 0.170. The zero-order chi connectivity index (χ0) is 10.7. The molecule has 0 aromatic rings. The molecule has 2 radical (unpaired) electrons. The van der Waals surface area contributed by atoms with Crippen LogP contribution in [-0.4, -0.2) is 58.2 Å². The van der Waals surface area contributed by atoms with Crippen molar-refractivity contribution < 1.29 is 19.3 Å². The molecule has 1 fully saturated rings. The van der Waals surface area contributed by atoms with Gasteiger partial charge in [-0.2, -0.15) is 0 Å². The molecule has 0 aromatic carbocycles. The van der Waals surface area contributed by atoms with Gasteiger partial charge >= 0.3 is 0 Å². The van der Waals surface area contributed by atoms with E-state index in [-0.39, 0.29) is 24.1 Å². The lowest BCUT2D eigenvalue weighted by Crippen LogP contribution is -2.36. The molecule has 4 nitrogen and oxygen atoms in total. The first-order valence-electron chi connectivity index (χ1n) is 4.72. The first-order valence-corrected chi connectivity index (χ1v) is 4.72. The lowest BCUT2D eigenvalue weighted by atomic mass is 9.82. The second-order valence-corrected chi connectivity index (χ2v) is 3.64. The van der Waals surface area contributed by atoms with Gasteiger partial charge in [-0.05, 0) is 0 Å². The number of rotatable bonds is 4. The van der Waals surface area contributed by atoms with Gasteiger partial charge in [0.2, 0.25) is 0 Å². The maximum Gasteiger partial charge on any atom is 0.111 e. The van der Waals surface area contributed by atoms with Crippen molar-refractivity contribution in [3.63, 3.8) is 0 Å². The normalized spacial score (nSPS) is 40.0. The van der Waals surface area contributed by atoms with Gasteiger partial charge in [-0.1, -0.05) is 12.7 Å². The third-order valence-corrected chi connectivity index (χ3v) is 2.49. The van der Waals surface area contributed by atoms with Crippen LogP contribution in [0.4, 0.5) is 0 Å². The van der Waals surface area contributed by atoms with E-state index in [1.807, 2.05) is 6.92 Å². The number of aliphatic hydroxyl groups excluding tert-OH is 1. The van der Waals surface area contributed by atoms with E-state index in [1.54, 1.807) is 14.2 Å². The topological polar surface area (TPSA) is 47.9 Å². The van der Waals surface area contributed by atoms with E-state index < -0.39 is 6.10 Å². The van der Waals surface area contributed by atoms with Gasteiger partial charge < -0.3 is 19.3 Å². The fourth-order valence-corrected chi connectivity index (χ4v) is 1.76. The molecule has 0 bridgehead atoms. The molecule has 14 heavy (non-hydrogen) atoms. The van der Waals surface area contributed by atoms with Crippen molar-refractivity contribution in [3.8, 4) is 0 Å². The van der Waals surface area contributed by atoms with Gasteiger partial charge in [0.25, 0.3) is 0 Å². The summed E-state index contributed by atoms with van der Waals surface area (Å²) in [6.07, 6.45) is -1.65. The lowest BCUT2D eigenvalue weighted by molar-refractivity contribution is -0.0334. The highest BCUT2D eigenvalue weighted by Gasteiger charge is 2.44. The van der Waals surface area contributed by atoms with E-state index in [1.165, 1.54) is 0 Å². The molecule has 3 unspecified atom stereocenters. The van der Waals surface area contributed by atoms with E-state index >= 15 is 0 Å². The van der Waals surface area contributed by atoms with Gasteiger partial charge in [0.05, 0.1) is 20.6 Å². The summed E-state index contributed by atoms with van der Waals surface area (Å²) in [6, 6.07) is 0. The zero-order valence-corrected chi connectivity index (χ0v) is 8.84.